The van der Waals surface area contributed by atoms with Crippen LogP contribution < -0.4 is 5.46 Å². The van der Waals surface area contributed by atoms with Crippen molar-refractivity contribution in [1.29, 1.82) is 0 Å². The maximum Gasteiger partial charge on any atom is 0.139 e. The molecule has 0 bridgehead atoms. The van der Waals surface area contributed by atoms with Crippen LogP contribution in [0.3, 0.4) is 0 Å². The fourth-order valence-corrected chi connectivity index (χ4v) is 9.59. The standard InChI is InChI=1S/C55H34BFN4/c56-40-16-13-33-25-38(11-9-35(33)27-40)54-44-6-1-2-7-45(44)55(39-12-10-36-28-41(57)17-14-34(36)26-39)47-29-37(15-18-46(47)54)42-19-22-58-30-48(42)50-32-60-24-21-53(50)61-51-8-4-3-5-43(51)49-31-59-23-20-52(49)61/h1-32H,56H2. The Labute approximate surface area is 351 Å². The average Bonchev–Trinajstić information content (AvgIpc) is 3.64. The van der Waals surface area contributed by atoms with E-state index in [-0.39, 0.29) is 5.82 Å². The molecule has 0 radical (unpaired) electrons. The summed E-state index contributed by atoms with van der Waals surface area (Å²) in [5.41, 5.74) is 13.0. The Morgan fingerprint density at radius 3 is 1.77 bits per heavy atom. The molecule has 4 nitrogen and oxygen atoms in total. The molecule has 0 spiro atoms. The lowest BCUT2D eigenvalue weighted by molar-refractivity contribution is 0.630. The maximum atomic E-state index is 14.4. The van der Waals surface area contributed by atoms with Crippen LogP contribution in [0.15, 0.2) is 195 Å². The molecule has 0 fully saturated rings. The predicted octanol–water partition coefficient (Wildman–Crippen LogP) is 12.6. The molecule has 0 amide bonds. The molecule has 0 aliphatic rings. The Morgan fingerprint density at radius 2 is 0.967 bits per heavy atom. The van der Waals surface area contributed by atoms with Crippen LogP contribution in [0.1, 0.15) is 0 Å². The molecule has 0 unspecified atom stereocenters. The number of pyridine rings is 3. The van der Waals surface area contributed by atoms with E-state index in [2.05, 4.69) is 156 Å². The van der Waals surface area contributed by atoms with Crippen molar-refractivity contribution in [2.45, 2.75) is 0 Å². The first-order valence-electron chi connectivity index (χ1n) is 20.5. The normalized spacial score (nSPS) is 11.8. The minimum atomic E-state index is -0.240. The molecular formula is C55H34BFN4. The van der Waals surface area contributed by atoms with E-state index in [9.17, 15) is 4.39 Å². The number of halogens is 1. The van der Waals surface area contributed by atoms with Crippen molar-refractivity contribution in [3.63, 3.8) is 0 Å². The third-order valence-electron chi connectivity index (χ3n) is 12.3. The van der Waals surface area contributed by atoms with E-state index in [1.54, 1.807) is 12.1 Å². The van der Waals surface area contributed by atoms with Crippen LogP contribution in [0.2, 0.25) is 0 Å². The summed E-state index contributed by atoms with van der Waals surface area (Å²) < 4.78 is 16.7. The van der Waals surface area contributed by atoms with Crippen molar-refractivity contribution in [2.24, 2.45) is 0 Å². The smallest absolute Gasteiger partial charge is 0.139 e. The number of hydrogen-bond acceptors (Lipinski definition) is 3. The third-order valence-corrected chi connectivity index (χ3v) is 12.3. The highest BCUT2D eigenvalue weighted by Gasteiger charge is 2.21. The highest BCUT2D eigenvalue weighted by atomic mass is 19.1. The van der Waals surface area contributed by atoms with Crippen molar-refractivity contribution < 1.29 is 4.39 Å². The Balaban J connectivity index is 1.13. The molecule has 4 heterocycles. The van der Waals surface area contributed by atoms with Gasteiger partial charge in [0, 0.05) is 59.1 Å². The van der Waals surface area contributed by atoms with Crippen LogP contribution in [-0.4, -0.2) is 27.4 Å². The monoisotopic (exact) mass is 780 g/mol. The Bertz CT molecular complexity index is 3710. The third kappa shape index (κ3) is 5.64. The lowest BCUT2D eigenvalue weighted by Crippen LogP contribution is -1.99. The van der Waals surface area contributed by atoms with Gasteiger partial charge >= 0.3 is 0 Å². The Hall–Kier alpha value is -7.96. The number of aromatic nitrogens is 4. The van der Waals surface area contributed by atoms with Gasteiger partial charge in [-0.15, -0.1) is 0 Å². The fourth-order valence-electron chi connectivity index (χ4n) is 9.59. The average molecular weight is 781 g/mol. The first kappa shape index (κ1) is 35.0. The molecule has 4 aromatic heterocycles. The summed E-state index contributed by atoms with van der Waals surface area (Å²) in [6.45, 7) is 0. The Kier molecular flexibility index (Phi) is 7.94. The van der Waals surface area contributed by atoms with Gasteiger partial charge in [-0.1, -0.05) is 109 Å². The molecule has 0 atom stereocenters. The molecule has 284 valence electrons. The summed E-state index contributed by atoms with van der Waals surface area (Å²) in [6, 6.07) is 55.2. The molecule has 0 saturated carbocycles. The zero-order valence-electron chi connectivity index (χ0n) is 33.1. The molecular weight excluding hydrogens is 746 g/mol. The highest BCUT2D eigenvalue weighted by Crippen LogP contribution is 2.47. The highest BCUT2D eigenvalue weighted by molar-refractivity contribution is 6.33. The summed E-state index contributed by atoms with van der Waals surface area (Å²) in [5.74, 6) is -0.240. The Morgan fingerprint density at radius 1 is 0.393 bits per heavy atom. The van der Waals surface area contributed by atoms with Gasteiger partial charge in [0.15, 0.2) is 0 Å². The number of nitrogens with zero attached hydrogens (tertiary/aromatic N) is 4. The summed E-state index contributed by atoms with van der Waals surface area (Å²) in [4.78, 5) is 13.9. The molecule has 61 heavy (non-hydrogen) atoms. The molecule has 0 N–H and O–H groups in total. The van der Waals surface area contributed by atoms with E-state index in [4.69, 9.17) is 4.98 Å². The van der Waals surface area contributed by atoms with E-state index in [1.807, 2.05) is 49.3 Å². The van der Waals surface area contributed by atoms with Gasteiger partial charge in [-0.3, -0.25) is 15.0 Å². The van der Waals surface area contributed by atoms with Gasteiger partial charge in [-0.25, -0.2) is 4.39 Å². The number of benzene rings is 8. The number of hydrogen-bond donors (Lipinski definition) is 0. The molecule has 0 aliphatic carbocycles. The minimum Gasteiger partial charge on any atom is -0.308 e. The molecule has 12 aromatic rings. The van der Waals surface area contributed by atoms with E-state index in [0.717, 1.165) is 93.4 Å². The maximum absolute atomic E-state index is 14.4. The van der Waals surface area contributed by atoms with Gasteiger partial charge in [0.05, 0.1) is 16.7 Å². The number of para-hydroxylation sites is 1. The second kappa shape index (κ2) is 13.8. The second-order valence-corrected chi connectivity index (χ2v) is 15.9. The van der Waals surface area contributed by atoms with E-state index < -0.39 is 0 Å². The summed E-state index contributed by atoms with van der Waals surface area (Å²) >= 11 is 0. The number of rotatable bonds is 5. The van der Waals surface area contributed by atoms with Gasteiger partial charge in [-0.05, 0) is 131 Å². The zero-order chi connectivity index (χ0) is 40.6. The van der Waals surface area contributed by atoms with Crippen LogP contribution in [0.5, 0.6) is 0 Å². The summed E-state index contributed by atoms with van der Waals surface area (Å²) in [6.07, 6.45) is 11.4. The first-order chi connectivity index (χ1) is 30.1. The summed E-state index contributed by atoms with van der Waals surface area (Å²) in [5, 5.41) is 11.1. The van der Waals surface area contributed by atoms with Crippen LogP contribution in [0.4, 0.5) is 4.39 Å². The van der Waals surface area contributed by atoms with Crippen LogP contribution in [0, 0.1) is 5.82 Å². The van der Waals surface area contributed by atoms with Crippen molar-refractivity contribution in [3.05, 3.63) is 201 Å². The van der Waals surface area contributed by atoms with Crippen molar-refractivity contribution in [3.8, 4) is 50.2 Å². The van der Waals surface area contributed by atoms with Crippen molar-refractivity contribution in [2.75, 3.05) is 0 Å². The predicted molar refractivity (Wildman–Crippen MR) is 254 cm³/mol. The SMILES string of the molecule is Bc1ccc2cc(-c3c4ccccc4c(-c4ccc5cc(F)ccc5c4)c4cc(-c5ccncc5-c5cnccc5-n5c6ccccc6c6cnccc65)ccc34)ccc2c1. The summed E-state index contributed by atoms with van der Waals surface area (Å²) in [7, 11) is 2.14. The zero-order valence-corrected chi connectivity index (χ0v) is 33.1. The molecule has 0 saturated heterocycles. The van der Waals surface area contributed by atoms with Gasteiger partial charge in [0.25, 0.3) is 0 Å². The fraction of sp³-hybridized carbons (Fsp3) is 0. The van der Waals surface area contributed by atoms with Crippen molar-refractivity contribution >= 4 is 78.2 Å². The van der Waals surface area contributed by atoms with Crippen LogP contribution >= 0.6 is 0 Å². The van der Waals surface area contributed by atoms with E-state index >= 15 is 0 Å². The van der Waals surface area contributed by atoms with Gasteiger partial charge in [0.1, 0.15) is 13.7 Å². The van der Waals surface area contributed by atoms with E-state index in [1.165, 1.54) is 27.2 Å². The quantitative estimate of drug-likeness (QED) is 0.129. The topological polar surface area (TPSA) is 43.6 Å². The second-order valence-electron chi connectivity index (χ2n) is 15.9. The molecule has 0 aliphatic heterocycles. The number of fused-ring (bicyclic) bond motifs is 7. The van der Waals surface area contributed by atoms with E-state index in [0.29, 0.717) is 0 Å². The lowest BCUT2D eigenvalue weighted by atomic mass is 9.83. The van der Waals surface area contributed by atoms with Crippen LogP contribution in [-0.2, 0) is 0 Å². The van der Waals surface area contributed by atoms with Gasteiger partial charge < -0.3 is 4.57 Å². The minimum absolute atomic E-state index is 0.240. The first-order valence-corrected chi connectivity index (χ1v) is 20.5. The van der Waals surface area contributed by atoms with Gasteiger partial charge in [-0.2, -0.15) is 0 Å². The molecule has 12 rings (SSSR count). The molecule has 6 heteroatoms. The molecule has 8 aromatic carbocycles. The largest absolute Gasteiger partial charge is 0.308 e. The van der Waals surface area contributed by atoms with Crippen LogP contribution in [0.25, 0.3) is 115 Å². The van der Waals surface area contributed by atoms with Crippen molar-refractivity contribution in [1.82, 2.24) is 19.5 Å². The lowest BCUT2D eigenvalue weighted by Gasteiger charge is -2.20. The van der Waals surface area contributed by atoms with Gasteiger partial charge in [0.2, 0.25) is 0 Å².